The third-order valence-corrected chi connectivity index (χ3v) is 13.7. The molecule has 5 N–H and O–H groups in total. The van der Waals surface area contributed by atoms with Gasteiger partial charge in [0.1, 0.15) is 35.1 Å². The number of rotatable bonds is 8. The summed E-state index contributed by atoms with van der Waals surface area (Å²) in [5.74, 6) is -5.89. The van der Waals surface area contributed by atoms with Crippen LogP contribution in [0.4, 0.5) is 4.79 Å². The first-order chi connectivity index (χ1) is 28.0. The molecule has 4 aliphatic carbocycles. The van der Waals surface area contributed by atoms with Gasteiger partial charge in [-0.25, -0.2) is 14.4 Å². The van der Waals surface area contributed by atoms with Crippen molar-refractivity contribution in [1.82, 2.24) is 5.32 Å². The van der Waals surface area contributed by atoms with Crippen molar-refractivity contribution in [2.75, 3.05) is 0 Å². The summed E-state index contributed by atoms with van der Waals surface area (Å²) in [6, 6.07) is 14.7. The number of hydrogen-bond acceptors (Lipinski definition) is 14. The normalized spacial score (nSPS) is 36.2. The Kier molecular flexibility index (Phi) is 10.9. The lowest BCUT2D eigenvalue weighted by molar-refractivity contribution is -0.276. The van der Waals surface area contributed by atoms with E-state index >= 15 is 4.79 Å². The van der Waals surface area contributed by atoms with Crippen LogP contribution in [0, 0.1) is 22.7 Å². The minimum Gasteiger partial charge on any atom is -0.458 e. The maximum atomic E-state index is 15.2. The van der Waals surface area contributed by atoms with Crippen molar-refractivity contribution in [2.45, 2.75) is 140 Å². The van der Waals surface area contributed by atoms with Crippen LogP contribution in [0.3, 0.4) is 0 Å². The van der Waals surface area contributed by atoms with Crippen molar-refractivity contribution < 1.29 is 68.1 Å². The average Bonchev–Trinajstić information content (AvgIpc) is 3.86. The Morgan fingerprint density at radius 3 is 2.15 bits per heavy atom. The number of Topliss-reactive ketones (excluding diaryl/α,β-unsaturated/α-hetero) is 1. The second-order valence-corrected chi connectivity index (χ2v) is 18.7. The van der Waals surface area contributed by atoms with Gasteiger partial charge >= 0.3 is 24.0 Å². The number of carbonyl (C=O) groups excluding carboxylic acids is 5. The van der Waals surface area contributed by atoms with Crippen LogP contribution in [-0.2, 0) is 38.1 Å². The topological polar surface area (TPSA) is 228 Å². The maximum absolute atomic E-state index is 15.2. The first-order valence-electron chi connectivity index (χ1n) is 20.4. The number of carbonyl (C=O) groups is 5. The molecule has 13 atom stereocenters. The SMILES string of the molecule is CC(=O)O[C@@]12CC3O[C@H]3C1C[C@H](O)[C@@]1(C)C(=O)[C@H](O)C3=C(C)[C@@H](OC(=O)[C@H](O)[C@@H](NC(=O)OC(C)(C)C)c4ccccc4)C[C@@](O)([C@@H](OC(=O)c4ccccc4)[C@@H]12)C3(C)C. The first-order valence-corrected chi connectivity index (χ1v) is 20.4. The van der Waals surface area contributed by atoms with Crippen molar-refractivity contribution in [3.05, 3.63) is 82.9 Å². The minimum atomic E-state index is -2.34. The van der Waals surface area contributed by atoms with Crippen LogP contribution < -0.4 is 5.32 Å². The van der Waals surface area contributed by atoms with Crippen LogP contribution >= 0.6 is 0 Å². The molecule has 0 aromatic heterocycles. The number of ketones is 1. The molecule has 15 nitrogen and oxygen atoms in total. The lowest BCUT2D eigenvalue weighted by Crippen LogP contribution is -2.76. The monoisotopic (exact) mass is 833 g/mol. The van der Waals surface area contributed by atoms with E-state index in [9.17, 15) is 39.6 Å². The van der Waals surface area contributed by atoms with E-state index in [0.29, 0.717) is 5.56 Å². The molecule has 7 rings (SSSR count). The molecule has 1 aliphatic heterocycles. The van der Waals surface area contributed by atoms with Crippen LogP contribution in [0.25, 0.3) is 0 Å². The molecule has 1 amide bonds. The molecule has 60 heavy (non-hydrogen) atoms. The Labute approximate surface area is 348 Å². The summed E-state index contributed by atoms with van der Waals surface area (Å²) in [5, 5.41) is 52.2. The molecule has 2 bridgehead atoms. The van der Waals surface area contributed by atoms with Crippen molar-refractivity contribution >= 4 is 29.8 Å². The van der Waals surface area contributed by atoms with Crippen LogP contribution in [0.15, 0.2) is 71.8 Å². The van der Waals surface area contributed by atoms with Gasteiger partial charge in [-0.2, -0.15) is 0 Å². The summed E-state index contributed by atoms with van der Waals surface area (Å²) >= 11 is 0. The van der Waals surface area contributed by atoms with Gasteiger partial charge in [-0.05, 0) is 69.9 Å². The van der Waals surface area contributed by atoms with Crippen molar-refractivity contribution in [3.8, 4) is 0 Å². The quantitative estimate of drug-likeness (QED) is 0.111. The third-order valence-electron chi connectivity index (χ3n) is 13.7. The van der Waals surface area contributed by atoms with Gasteiger partial charge in [0.2, 0.25) is 0 Å². The Bertz CT molecular complexity index is 2080. The summed E-state index contributed by atoms with van der Waals surface area (Å²) in [4.78, 5) is 69.7. The zero-order valence-electron chi connectivity index (χ0n) is 35.0. The highest BCUT2D eigenvalue weighted by atomic mass is 16.6. The molecule has 2 aromatic carbocycles. The molecule has 15 heteroatoms. The lowest BCUT2D eigenvalue weighted by atomic mass is 9.44. The van der Waals surface area contributed by atoms with Gasteiger partial charge in [-0.1, -0.05) is 62.4 Å². The molecular formula is C45H55NO14. The molecule has 2 unspecified atom stereocenters. The molecule has 0 spiro atoms. The molecule has 0 radical (unpaired) electrons. The summed E-state index contributed by atoms with van der Waals surface area (Å²) in [6.07, 6.45) is -11.1. The fraction of sp³-hybridized carbons (Fsp3) is 0.578. The van der Waals surface area contributed by atoms with Crippen molar-refractivity contribution in [1.29, 1.82) is 0 Å². The fourth-order valence-electron chi connectivity index (χ4n) is 10.8. The van der Waals surface area contributed by atoms with E-state index in [1.54, 1.807) is 83.1 Å². The largest absolute Gasteiger partial charge is 0.458 e. The number of esters is 3. The van der Waals surface area contributed by atoms with Gasteiger partial charge in [0.25, 0.3) is 0 Å². The van der Waals surface area contributed by atoms with Crippen molar-refractivity contribution in [2.24, 2.45) is 22.7 Å². The molecule has 3 saturated carbocycles. The second-order valence-electron chi connectivity index (χ2n) is 18.7. The third kappa shape index (κ3) is 7.01. The molecule has 2 aromatic rings. The van der Waals surface area contributed by atoms with E-state index in [1.807, 2.05) is 0 Å². The predicted octanol–water partition coefficient (Wildman–Crippen LogP) is 3.65. The Morgan fingerprint density at radius 1 is 0.933 bits per heavy atom. The summed E-state index contributed by atoms with van der Waals surface area (Å²) < 4.78 is 30.0. The average molecular weight is 834 g/mol. The lowest BCUT2D eigenvalue weighted by Gasteiger charge is -2.64. The number of benzene rings is 2. The van der Waals surface area contributed by atoms with Gasteiger partial charge in [0, 0.05) is 31.1 Å². The molecule has 5 aliphatic rings. The number of alkyl carbamates (subject to hydrolysis) is 1. The number of hydrogen-bond donors (Lipinski definition) is 5. The summed E-state index contributed by atoms with van der Waals surface area (Å²) in [7, 11) is 0. The number of ether oxygens (including phenoxy) is 5. The molecule has 4 fully saturated rings. The highest BCUT2D eigenvalue weighted by Crippen LogP contribution is 2.68. The van der Waals surface area contributed by atoms with Crippen LogP contribution in [0.5, 0.6) is 0 Å². The number of fused-ring (bicyclic) bond motifs is 7. The van der Waals surface area contributed by atoms with Crippen LogP contribution in [0.1, 0.15) is 96.6 Å². The van der Waals surface area contributed by atoms with E-state index in [2.05, 4.69) is 5.32 Å². The van der Waals surface area contributed by atoms with Crippen LogP contribution in [-0.4, -0.2) is 110 Å². The zero-order valence-corrected chi connectivity index (χ0v) is 35.0. The highest BCUT2D eigenvalue weighted by molar-refractivity contribution is 5.94. The Hall–Kier alpha value is -4.67. The van der Waals surface area contributed by atoms with Gasteiger partial charge in [0.05, 0.1) is 41.3 Å². The number of epoxide rings is 1. The standard InChI is InChI=1S/C45H55NO14/c1-22-27(57-39(53)33(50)31(24-15-11-9-12-16-24)46-40(54)60-41(3,4)5)21-45(55)37(58-38(52)25-17-13-10-14-18-25)35-43(8,36(51)32(49)30(22)42(45,6)7)29(48)19-26-34-28(56-34)20-44(26,35)59-23(2)47/h9-18,26-29,31-35,37,48-50,55H,19-21H2,1-8H3,(H,46,54)/t26?,27-,28?,29-,31-,32+,33+,34-,35-,37-,43+,44-,45+/m0/s1. The minimum absolute atomic E-state index is 0.0473. The van der Waals surface area contributed by atoms with Gasteiger partial charge in [-0.3, -0.25) is 9.59 Å². The molecule has 1 heterocycles. The van der Waals surface area contributed by atoms with Crippen molar-refractivity contribution in [3.63, 3.8) is 0 Å². The van der Waals surface area contributed by atoms with Crippen LogP contribution in [0.2, 0.25) is 0 Å². The predicted molar refractivity (Wildman–Crippen MR) is 211 cm³/mol. The molecular weight excluding hydrogens is 778 g/mol. The van der Waals surface area contributed by atoms with E-state index in [-0.39, 0.29) is 29.6 Å². The smallest absolute Gasteiger partial charge is 0.408 e. The number of nitrogens with one attached hydrogen (secondary N) is 1. The Balaban J connectivity index is 1.36. The van der Waals surface area contributed by atoms with Gasteiger partial charge in [-0.15, -0.1) is 0 Å². The molecule has 324 valence electrons. The zero-order chi connectivity index (χ0) is 43.9. The second kappa shape index (κ2) is 15.0. The van der Waals surface area contributed by atoms with E-state index < -0.39 is 124 Å². The van der Waals surface area contributed by atoms with Gasteiger partial charge < -0.3 is 49.4 Å². The van der Waals surface area contributed by atoms with Gasteiger partial charge in [0.15, 0.2) is 11.9 Å². The van der Waals surface area contributed by atoms with E-state index in [4.69, 9.17) is 23.7 Å². The Morgan fingerprint density at radius 2 is 1.55 bits per heavy atom. The summed E-state index contributed by atoms with van der Waals surface area (Å²) in [5.41, 5.74) is -7.95. The van der Waals surface area contributed by atoms with E-state index in [1.165, 1.54) is 32.9 Å². The first kappa shape index (κ1) is 43.4. The number of aliphatic hydroxyl groups is 4. The number of aliphatic hydroxyl groups excluding tert-OH is 3. The number of amides is 1. The maximum Gasteiger partial charge on any atom is 0.408 e. The molecule has 1 saturated heterocycles. The fourth-order valence-corrected chi connectivity index (χ4v) is 10.8. The summed E-state index contributed by atoms with van der Waals surface area (Å²) in [6.45, 7) is 12.3. The highest BCUT2D eigenvalue weighted by Gasteiger charge is 2.80. The van der Waals surface area contributed by atoms with E-state index in [0.717, 1.165) is 0 Å².